The molecule has 0 rings (SSSR count). The van der Waals surface area contributed by atoms with Crippen LogP contribution in [0.5, 0.6) is 0 Å². The van der Waals surface area contributed by atoms with Crippen LogP contribution < -0.4 is 4.98 Å². The molecule has 78 valence electrons. The third-order valence-electron chi connectivity index (χ3n) is 2.05. The zero-order chi connectivity index (χ0) is 11.0. The highest BCUT2D eigenvalue weighted by Crippen LogP contribution is 2.19. The van der Waals surface area contributed by atoms with Crippen LogP contribution in [0.2, 0.25) is 18.1 Å². The highest BCUT2D eigenvalue weighted by atomic mass is 28.3. The number of allylic oxidation sites excluding steroid dienone is 3. The molecule has 0 aliphatic carbocycles. The summed E-state index contributed by atoms with van der Waals surface area (Å²) in [6.07, 6.45) is 5.61. The Morgan fingerprint density at radius 3 is 1.71 bits per heavy atom. The molecule has 0 saturated carbocycles. The molecule has 0 heterocycles. The summed E-state index contributed by atoms with van der Waals surface area (Å²) in [6, 6.07) is 2.60. The van der Waals surface area contributed by atoms with Crippen LogP contribution >= 0.6 is 0 Å². The highest BCUT2D eigenvalue weighted by molar-refractivity contribution is 6.80. The van der Waals surface area contributed by atoms with E-state index in [-0.39, 0.29) is 5.91 Å². The SMILES string of the molecule is C=CC[Si](CC=C)(CC=C)NC(C)=O. The highest BCUT2D eigenvalue weighted by Gasteiger charge is 2.30. The molecular weight excluding hydrogens is 190 g/mol. The quantitative estimate of drug-likeness (QED) is 0.507. The first-order chi connectivity index (χ1) is 6.60. The zero-order valence-corrected chi connectivity index (χ0v) is 9.88. The number of carbonyl (C=O) groups excluding carboxylic acids is 1. The standard InChI is InChI=1S/C11H19NOSi/c1-5-8-14(9-6-2,10-7-3)12-11(4)13/h5-7H,1-3,8-10H2,4H3,(H,12,13). The molecule has 0 radical (unpaired) electrons. The van der Waals surface area contributed by atoms with Crippen LogP contribution in [0.4, 0.5) is 0 Å². The van der Waals surface area contributed by atoms with Crippen molar-refractivity contribution in [1.82, 2.24) is 4.98 Å². The summed E-state index contributed by atoms with van der Waals surface area (Å²) in [5.74, 6) is 0.0298. The molecule has 0 bridgehead atoms. The van der Waals surface area contributed by atoms with Crippen molar-refractivity contribution in [3.05, 3.63) is 38.0 Å². The first kappa shape index (κ1) is 12.9. The lowest BCUT2D eigenvalue weighted by molar-refractivity contribution is -0.117. The van der Waals surface area contributed by atoms with Gasteiger partial charge in [-0.3, -0.25) is 4.79 Å². The normalized spacial score (nSPS) is 10.4. The molecule has 1 N–H and O–H groups in total. The van der Waals surface area contributed by atoms with Gasteiger partial charge in [0, 0.05) is 6.92 Å². The van der Waals surface area contributed by atoms with Gasteiger partial charge < -0.3 is 4.98 Å². The van der Waals surface area contributed by atoms with Gasteiger partial charge in [-0.1, -0.05) is 18.2 Å². The topological polar surface area (TPSA) is 29.1 Å². The van der Waals surface area contributed by atoms with Crippen LogP contribution in [0.15, 0.2) is 38.0 Å². The number of carbonyl (C=O) groups is 1. The summed E-state index contributed by atoms with van der Waals surface area (Å²) in [6.45, 7) is 12.7. The monoisotopic (exact) mass is 209 g/mol. The summed E-state index contributed by atoms with van der Waals surface area (Å²) >= 11 is 0. The summed E-state index contributed by atoms with van der Waals surface area (Å²) in [7, 11) is -1.81. The van der Waals surface area contributed by atoms with Crippen molar-refractivity contribution in [1.29, 1.82) is 0 Å². The lowest BCUT2D eigenvalue weighted by Crippen LogP contribution is -2.51. The number of nitrogens with one attached hydrogen (secondary N) is 1. The van der Waals surface area contributed by atoms with Gasteiger partial charge in [-0.2, -0.15) is 0 Å². The second kappa shape index (κ2) is 6.37. The Morgan fingerprint density at radius 1 is 1.14 bits per heavy atom. The molecule has 2 nitrogen and oxygen atoms in total. The average molecular weight is 209 g/mol. The van der Waals surface area contributed by atoms with E-state index in [9.17, 15) is 4.79 Å². The molecule has 0 saturated heterocycles. The third kappa shape index (κ3) is 4.23. The van der Waals surface area contributed by atoms with E-state index in [0.717, 1.165) is 18.1 Å². The minimum atomic E-state index is -1.81. The Kier molecular flexibility index (Phi) is 5.88. The Morgan fingerprint density at radius 2 is 1.50 bits per heavy atom. The van der Waals surface area contributed by atoms with Crippen molar-refractivity contribution in [2.75, 3.05) is 0 Å². The zero-order valence-electron chi connectivity index (χ0n) is 8.88. The molecule has 0 aromatic heterocycles. The molecular formula is C11H19NOSi. The van der Waals surface area contributed by atoms with Crippen molar-refractivity contribution >= 4 is 14.1 Å². The molecule has 0 atom stereocenters. The maximum atomic E-state index is 11.1. The number of amides is 1. The molecule has 0 fully saturated rings. The van der Waals surface area contributed by atoms with Crippen LogP contribution in [0.1, 0.15) is 6.92 Å². The summed E-state index contributed by atoms with van der Waals surface area (Å²) in [4.78, 5) is 14.2. The van der Waals surface area contributed by atoms with Gasteiger partial charge in [0.2, 0.25) is 5.91 Å². The Hall–Kier alpha value is -1.09. The van der Waals surface area contributed by atoms with Gasteiger partial charge in [0.25, 0.3) is 0 Å². The average Bonchev–Trinajstić information content (AvgIpc) is 2.03. The molecule has 3 heteroatoms. The smallest absolute Gasteiger partial charge is 0.209 e. The first-order valence-electron chi connectivity index (χ1n) is 4.71. The van der Waals surface area contributed by atoms with Gasteiger partial charge in [-0.05, 0) is 18.1 Å². The number of hydrogen-bond donors (Lipinski definition) is 1. The second-order valence-electron chi connectivity index (χ2n) is 3.44. The van der Waals surface area contributed by atoms with Crippen LogP contribution in [0.3, 0.4) is 0 Å². The van der Waals surface area contributed by atoms with E-state index in [1.54, 1.807) is 6.92 Å². The fraction of sp³-hybridized carbons (Fsp3) is 0.364. The molecule has 0 aromatic rings. The maximum absolute atomic E-state index is 11.1. The van der Waals surface area contributed by atoms with Gasteiger partial charge in [0.15, 0.2) is 8.24 Å². The Balaban J connectivity index is 4.69. The van der Waals surface area contributed by atoms with Crippen LogP contribution in [-0.4, -0.2) is 14.1 Å². The lowest BCUT2D eigenvalue weighted by Gasteiger charge is -2.28. The Labute approximate surface area is 87.5 Å². The predicted octanol–water partition coefficient (Wildman–Crippen LogP) is 2.63. The van der Waals surface area contributed by atoms with E-state index in [1.165, 1.54) is 0 Å². The van der Waals surface area contributed by atoms with E-state index in [4.69, 9.17) is 0 Å². The molecule has 1 amide bonds. The summed E-state index contributed by atoms with van der Waals surface area (Å²) < 4.78 is 0. The second-order valence-corrected chi connectivity index (χ2v) is 7.48. The minimum Gasteiger partial charge on any atom is -0.381 e. The van der Waals surface area contributed by atoms with E-state index in [0.29, 0.717) is 0 Å². The largest absolute Gasteiger partial charge is 0.381 e. The maximum Gasteiger partial charge on any atom is 0.209 e. The van der Waals surface area contributed by atoms with E-state index < -0.39 is 8.24 Å². The van der Waals surface area contributed by atoms with Gasteiger partial charge in [-0.15, -0.1) is 19.7 Å². The Bertz CT molecular complexity index is 209. The van der Waals surface area contributed by atoms with Gasteiger partial charge >= 0.3 is 0 Å². The third-order valence-corrected chi connectivity index (χ3v) is 6.14. The van der Waals surface area contributed by atoms with Gasteiger partial charge in [0.05, 0.1) is 0 Å². The molecule has 0 aliphatic rings. The van der Waals surface area contributed by atoms with Crippen LogP contribution in [0.25, 0.3) is 0 Å². The van der Waals surface area contributed by atoms with Crippen LogP contribution in [0, 0.1) is 0 Å². The van der Waals surface area contributed by atoms with Crippen molar-refractivity contribution in [2.45, 2.75) is 25.1 Å². The van der Waals surface area contributed by atoms with Gasteiger partial charge in [-0.25, -0.2) is 0 Å². The van der Waals surface area contributed by atoms with Crippen molar-refractivity contribution in [3.63, 3.8) is 0 Å². The molecule has 0 aliphatic heterocycles. The molecule has 0 unspecified atom stereocenters. The fourth-order valence-corrected chi connectivity index (χ4v) is 4.82. The number of rotatable bonds is 7. The van der Waals surface area contributed by atoms with E-state index in [1.807, 2.05) is 18.2 Å². The first-order valence-corrected chi connectivity index (χ1v) is 7.34. The van der Waals surface area contributed by atoms with Crippen molar-refractivity contribution < 1.29 is 4.79 Å². The molecule has 0 spiro atoms. The predicted molar refractivity (Wildman–Crippen MR) is 64.6 cm³/mol. The van der Waals surface area contributed by atoms with E-state index >= 15 is 0 Å². The molecule has 0 aromatic carbocycles. The summed E-state index contributed by atoms with van der Waals surface area (Å²) in [5, 5.41) is 0. The van der Waals surface area contributed by atoms with Gasteiger partial charge in [0.1, 0.15) is 0 Å². The fourth-order valence-electron chi connectivity index (χ4n) is 1.61. The lowest BCUT2D eigenvalue weighted by atomic mass is 10.7. The van der Waals surface area contributed by atoms with Crippen molar-refractivity contribution in [2.24, 2.45) is 0 Å². The van der Waals surface area contributed by atoms with Crippen molar-refractivity contribution in [3.8, 4) is 0 Å². The minimum absolute atomic E-state index is 0.0298. The van der Waals surface area contributed by atoms with E-state index in [2.05, 4.69) is 24.7 Å². The van der Waals surface area contributed by atoms with Crippen LogP contribution in [-0.2, 0) is 4.79 Å². The molecule has 14 heavy (non-hydrogen) atoms. The number of hydrogen-bond acceptors (Lipinski definition) is 1. The summed E-state index contributed by atoms with van der Waals surface area (Å²) in [5.41, 5.74) is 0.